The number of aryl methyl sites for hydroxylation is 1. The standard InChI is InChI=1S/C14H18BrN3/c1-3-13-12(9-16)14(4-2)18(17-13)11-7-5-10(15)6-8-11/h5-8H,3-4,9,16H2,1-2H3. The molecule has 1 aromatic heterocycles. The molecule has 1 heterocycles. The first-order chi connectivity index (χ1) is 8.71. The van der Waals surface area contributed by atoms with Crippen LogP contribution in [0.25, 0.3) is 5.69 Å². The van der Waals surface area contributed by atoms with E-state index in [1.54, 1.807) is 0 Å². The summed E-state index contributed by atoms with van der Waals surface area (Å²) >= 11 is 3.45. The number of nitrogens with two attached hydrogens (primary N) is 1. The molecule has 3 nitrogen and oxygen atoms in total. The van der Waals surface area contributed by atoms with E-state index in [0.29, 0.717) is 6.54 Å². The molecule has 18 heavy (non-hydrogen) atoms. The molecule has 0 atom stereocenters. The summed E-state index contributed by atoms with van der Waals surface area (Å²) in [5.74, 6) is 0. The highest BCUT2D eigenvalue weighted by atomic mass is 79.9. The third-order valence-electron chi connectivity index (χ3n) is 3.12. The molecule has 96 valence electrons. The molecule has 4 heteroatoms. The maximum Gasteiger partial charge on any atom is 0.0674 e. The number of aromatic nitrogens is 2. The lowest BCUT2D eigenvalue weighted by Gasteiger charge is -2.07. The smallest absolute Gasteiger partial charge is 0.0674 e. The molecular formula is C14H18BrN3. The Balaban J connectivity index is 2.56. The van der Waals surface area contributed by atoms with Crippen molar-refractivity contribution >= 4 is 15.9 Å². The molecule has 0 saturated carbocycles. The number of hydrogen-bond acceptors (Lipinski definition) is 2. The molecule has 0 radical (unpaired) electrons. The van der Waals surface area contributed by atoms with E-state index in [1.165, 1.54) is 11.3 Å². The largest absolute Gasteiger partial charge is 0.326 e. The van der Waals surface area contributed by atoms with Gasteiger partial charge in [0.2, 0.25) is 0 Å². The van der Waals surface area contributed by atoms with Crippen molar-refractivity contribution in [3.05, 3.63) is 45.7 Å². The Labute approximate surface area is 116 Å². The highest BCUT2D eigenvalue weighted by molar-refractivity contribution is 9.10. The summed E-state index contributed by atoms with van der Waals surface area (Å²) in [6.07, 6.45) is 1.86. The van der Waals surface area contributed by atoms with Gasteiger partial charge in [-0.05, 0) is 37.1 Å². The molecule has 0 aliphatic rings. The fourth-order valence-electron chi connectivity index (χ4n) is 2.21. The van der Waals surface area contributed by atoms with Gasteiger partial charge in [-0.3, -0.25) is 0 Å². The lowest BCUT2D eigenvalue weighted by molar-refractivity contribution is 0.792. The lowest BCUT2D eigenvalue weighted by Crippen LogP contribution is -2.05. The van der Waals surface area contributed by atoms with Gasteiger partial charge in [-0.25, -0.2) is 4.68 Å². The van der Waals surface area contributed by atoms with Crippen molar-refractivity contribution in [2.45, 2.75) is 33.2 Å². The SMILES string of the molecule is CCc1nn(-c2ccc(Br)cc2)c(CC)c1CN. The van der Waals surface area contributed by atoms with Crippen LogP contribution in [0.4, 0.5) is 0 Å². The summed E-state index contributed by atoms with van der Waals surface area (Å²) < 4.78 is 3.10. The first-order valence-corrected chi connectivity index (χ1v) is 7.06. The van der Waals surface area contributed by atoms with Gasteiger partial charge < -0.3 is 5.73 Å². The van der Waals surface area contributed by atoms with Crippen LogP contribution < -0.4 is 5.73 Å². The van der Waals surface area contributed by atoms with Crippen molar-refractivity contribution < 1.29 is 0 Å². The average Bonchev–Trinajstić information content (AvgIpc) is 2.77. The van der Waals surface area contributed by atoms with Gasteiger partial charge in [-0.1, -0.05) is 29.8 Å². The minimum atomic E-state index is 0.558. The van der Waals surface area contributed by atoms with Gasteiger partial charge in [0, 0.05) is 22.3 Å². The molecule has 2 aromatic rings. The summed E-state index contributed by atoms with van der Waals surface area (Å²) in [6.45, 7) is 4.82. The van der Waals surface area contributed by atoms with Gasteiger partial charge in [-0.15, -0.1) is 0 Å². The lowest BCUT2D eigenvalue weighted by atomic mass is 10.1. The van der Waals surface area contributed by atoms with Gasteiger partial charge in [-0.2, -0.15) is 5.10 Å². The summed E-state index contributed by atoms with van der Waals surface area (Å²) in [7, 11) is 0. The second-order valence-corrected chi connectivity index (χ2v) is 5.09. The van der Waals surface area contributed by atoms with E-state index < -0.39 is 0 Å². The van der Waals surface area contributed by atoms with E-state index >= 15 is 0 Å². The zero-order valence-corrected chi connectivity index (χ0v) is 12.4. The van der Waals surface area contributed by atoms with Gasteiger partial charge >= 0.3 is 0 Å². The van der Waals surface area contributed by atoms with Crippen LogP contribution in [0.1, 0.15) is 30.8 Å². The molecule has 0 bridgehead atoms. The summed E-state index contributed by atoms with van der Waals surface area (Å²) in [5.41, 5.74) is 10.5. The summed E-state index contributed by atoms with van der Waals surface area (Å²) in [4.78, 5) is 0. The average molecular weight is 308 g/mol. The molecule has 0 amide bonds. The normalized spacial score (nSPS) is 10.9. The first-order valence-electron chi connectivity index (χ1n) is 6.26. The van der Waals surface area contributed by atoms with Crippen LogP contribution in [0.5, 0.6) is 0 Å². The molecule has 0 saturated heterocycles. The van der Waals surface area contributed by atoms with Gasteiger partial charge in [0.15, 0.2) is 0 Å². The minimum absolute atomic E-state index is 0.558. The van der Waals surface area contributed by atoms with E-state index in [-0.39, 0.29) is 0 Å². The number of halogens is 1. The summed E-state index contributed by atoms with van der Waals surface area (Å²) in [5, 5.41) is 4.69. The highest BCUT2D eigenvalue weighted by Crippen LogP contribution is 2.21. The number of nitrogens with zero attached hydrogens (tertiary/aromatic N) is 2. The monoisotopic (exact) mass is 307 g/mol. The molecule has 0 unspecified atom stereocenters. The Bertz CT molecular complexity index is 529. The molecule has 1 aromatic carbocycles. The van der Waals surface area contributed by atoms with E-state index in [1.807, 2.05) is 16.8 Å². The van der Waals surface area contributed by atoms with Crippen LogP contribution in [-0.4, -0.2) is 9.78 Å². The Kier molecular flexibility index (Phi) is 4.19. The number of hydrogen-bond donors (Lipinski definition) is 1. The Hall–Kier alpha value is -1.13. The number of benzene rings is 1. The molecular weight excluding hydrogens is 290 g/mol. The molecule has 2 rings (SSSR count). The minimum Gasteiger partial charge on any atom is -0.326 e. The molecule has 0 aliphatic carbocycles. The second-order valence-electron chi connectivity index (χ2n) is 4.17. The first kappa shape index (κ1) is 13.3. The zero-order chi connectivity index (χ0) is 13.1. The Morgan fingerprint density at radius 3 is 2.33 bits per heavy atom. The van der Waals surface area contributed by atoms with Gasteiger partial charge in [0.05, 0.1) is 11.4 Å². The third-order valence-corrected chi connectivity index (χ3v) is 3.65. The second kappa shape index (κ2) is 5.67. The Morgan fingerprint density at radius 2 is 1.83 bits per heavy atom. The Morgan fingerprint density at radius 1 is 1.17 bits per heavy atom. The zero-order valence-electron chi connectivity index (χ0n) is 10.8. The van der Waals surface area contributed by atoms with E-state index in [2.05, 4.69) is 41.9 Å². The molecule has 0 spiro atoms. The molecule has 0 fully saturated rings. The van der Waals surface area contributed by atoms with Crippen molar-refractivity contribution in [1.29, 1.82) is 0 Å². The van der Waals surface area contributed by atoms with Crippen molar-refractivity contribution in [2.75, 3.05) is 0 Å². The van der Waals surface area contributed by atoms with Crippen molar-refractivity contribution in [3.8, 4) is 5.69 Å². The van der Waals surface area contributed by atoms with Crippen LogP contribution in [-0.2, 0) is 19.4 Å². The fraction of sp³-hybridized carbons (Fsp3) is 0.357. The van der Waals surface area contributed by atoms with Crippen molar-refractivity contribution in [3.63, 3.8) is 0 Å². The van der Waals surface area contributed by atoms with Crippen LogP contribution in [0, 0.1) is 0 Å². The predicted molar refractivity (Wildman–Crippen MR) is 77.9 cm³/mol. The van der Waals surface area contributed by atoms with Crippen molar-refractivity contribution in [2.24, 2.45) is 5.73 Å². The quantitative estimate of drug-likeness (QED) is 0.942. The van der Waals surface area contributed by atoms with Crippen LogP contribution in [0.3, 0.4) is 0 Å². The van der Waals surface area contributed by atoms with E-state index in [9.17, 15) is 0 Å². The highest BCUT2D eigenvalue weighted by Gasteiger charge is 2.14. The number of rotatable bonds is 4. The fourth-order valence-corrected chi connectivity index (χ4v) is 2.48. The van der Waals surface area contributed by atoms with Crippen LogP contribution in [0.15, 0.2) is 28.7 Å². The molecule has 0 aliphatic heterocycles. The predicted octanol–water partition coefficient (Wildman–Crippen LogP) is 3.22. The van der Waals surface area contributed by atoms with Gasteiger partial charge in [0.1, 0.15) is 0 Å². The van der Waals surface area contributed by atoms with Gasteiger partial charge in [0.25, 0.3) is 0 Å². The maximum absolute atomic E-state index is 5.86. The van der Waals surface area contributed by atoms with Crippen LogP contribution >= 0.6 is 15.9 Å². The van der Waals surface area contributed by atoms with Crippen LogP contribution in [0.2, 0.25) is 0 Å². The topological polar surface area (TPSA) is 43.8 Å². The van der Waals surface area contributed by atoms with Crippen molar-refractivity contribution in [1.82, 2.24) is 9.78 Å². The van der Waals surface area contributed by atoms with E-state index in [4.69, 9.17) is 10.8 Å². The summed E-state index contributed by atoms with van der Waals surface area (Å²) in [6, 6.07) is 8.19. The molecule has 2 N–H and O–H groups in total. The van der Waals surface area contributed by atoms with E-state index in [0.717, 1.165) is 28.7 Å². The third kappa shape index (κ3) is 2.35. The maximum atomic E-state index is 5.86.